The molecule has 1 aliphatic heterocycles. The summed E-state index contributed by atoms with van der Waals surface area (Å²) in [5, 5.41) is 2.13. The Hall–Kier alpha value is -0.420. The third-order valence-corrected chi connectivity index (χ3v) is 4.05. The quantitative estimate of drug-likeness (QED) is 0.840. The third kappa shape index (κ3) is 3.28. The molecule has 0 aromatic carbocycles. The number of thiophene rings is 1. The maximum Gasteiger partial charge on any atom is 0.0621 e. The fourth-order valence-electron chi connectivity index (χ4n) is 2.05. The molecule has 0 aliphatic carbocycles. The lowest BCUT2D eigenvalue weighted by Crippen LogP contribution is -2.37. The molecule has 1 aromatic rings. The van der Waals surface area contributed by atoms with Crippen LogP contribution in [0.4, 0.5) is 0 Å². The van der Waals surface area contributed by atoms with Crippen molar-refractivity contribution in [3.05, 3.63) is 22.4 Å². The fraction of sp³-hybridized carbons (Fsp3) is 0.667. The van der Waals surface area contributed by atoms with Gasteiger partial charge in [0.25, 0.3) is 0 Å². The summed E-state index contributed by atoms with van der Waals surface area (Å²) in [5.74, 6) is 0.508. The number of rotatable bonds is 5. The number of likely N-dealkylation sites (N-methyl/N-ethyl adjacent to an activating group) is 1. The molecule has 0 spiro atoms. The molecule has 1 fully saturated rings. The highest BCUT2D eigenvalue weighted by Crippen LogP contribution is 2.14. The van der Waals surface area contributed by atoms with Crippen LogP contribution in [0.5, 0.6) is 0 Å². The Kier molecular flexibility index (Phi) is 4.35. The Bertz CT molecular complexity index is 302. The molecule has 3 nitrogen and oxygen atoms in total. The molecular weight excluding hydrogens is 220 g/mol. The predicted molar refractivity (Wildman–Crippen MR) is 67.8 cm³/mol. The molecule has 2 heterocycles. The molecule has 0 saturated carbocycles. The van der Waals surface area contributed by atoms with Crippen LogP contribution in [-0.4, -0.2) is 44.3 Å². The van der Waals surface area contributed by atoms with Crippen LogP contribution in [0.15, 0.2) is 17.5 Å². The number of hydrogen-bond donors (Lipinski definition) is 1. The first-order valence-corrected chi connectivity index (χ1v) is 6.68. The van der Waals surface area contributed by atoms with Gasteiger partial charge in [0.1, 0.15) is 0 Å². The van der Waals surface area contributed by atoms with Crippen molar-refractivity contribution in [1.82, 2.24) is 4.90 Å². The number of hydrogen-bond acceptors (Lipinski definition) is 4. The van der Waals surface area contributed by atoms with Gasteiger partial charge < -0.3 is 15.4 Å². The molecule has 2 unspecified atom stereocenters. The van der Waals surface area contributed by atoms with E-state index in [1.54, 1.807) is 0 Å². The number of nitrogens with two attached hydrogens (primary N) is 1. The van der Waals surface area contributed by atoms with Crippen molar-refractivity contribution in [2.45, 2.75) is 12.5 Å². The minimum absolute atomic E-state index is 0.226. The summed E-state index contributed by atoms with van der Waals surface area (Å²) in [7, 11) is 2.17. The standard InChI is InChI=1S/C12H20N2OS/c1-14(5-4-11-3-2-6-16-11)7-10-8-15-9-12(10)13/h2-3,6,10,12H,4-5,7-9,13H2,1H3. The highest BCUT2D eigenvalue weighted by Gasteiger charge is 2.25. The van der Waals surface area contributed by atoms with E-state index in [0.29, 0.717) is 5.92 Å². The Morgan fingerprint density at radius 1 is 1.56 bits per heavy atom. The van der Waals surface area contributed by atoms with Gasteiger partial charge in [0.05, 0.1) is 13.2 Å². The summed E-state index contributed by atoms with van der Waals surface area (Å²) in [6.07, 6.45) is 1.14. The summed E-state index contributed by atoms with van der Waals surface area (Å²) in [5.41, 5.74) is 5.97. The summed E-state index contributed by atoms with van der Waals surface area (Å²) in [6, 6.07) is 4.54. The van der Waals surface area contributed by atoms with Crippen LogP contribution < -0.4 is 5.73 Å². The van der Waals surface area contributed by atoms with E-state index in [0.717, 1.165) is 32.7 Å². The molecule has 1 aliphatic rings. The molecule has 2 atom stereocenters. The van der Waals surface area contributed by atoms with Gasteiger partial charge >= 0.3 is 0 Å². The first-order chi connectivity index (χ1) is 7.75. The molecule has 4 heteroatoms. The average Bonchev–Trinajstić information content (AvgIpc) is 2.88. The molecule has 16 heavy (non-hydrogen) atoms. The molecule has 0 amide bonds. The summed E-state index contributed by atoms with van der Waals surface area (Å²) in [4.78, 5) is 3.82. The maximum atomic E-state index is 5.97. The first kappa shape index (κ1) is 12.0. The SMILES string of the molecule is CN(CCc1cccs1)CC1COCC1N. The van der Waals surface area contributed by atoms with Gasteiger partial charge in [-0.2, -0.15) is 0 Å². The van der Waals surface area contributed by atoms with Crippen molar-refractivity contribution in [1.29, 1.82) is 0 Å². The van der Waals surface area contributed by atoms with Crippen molar-refractivity contribution in [3.8, 4) is 0 Å². The van der Waals surface area contributed by atoms with Crippen LogP contribution in [-0.2, 0) is 11.2 Å². The molecule has 0 radical (unpaired) electrons. The van der Waals surface area contributed by atoms with E-state index in [4.69, 9.17) is 10.5 Å². The highest BCUT2D eigenvalue weighted by atomic mass is 32.1. The molecule has 2 N–H and O–H groups in total. The van der Waals surface area contributed by atoms with Crippen LogP contribution in [0.2, 0.25) is 0 Å². The van der Waals surface area contributed by atoms with E-state index in [-0.39, 0.29) is 6.04 Å². The largest absolute Gasteiger partial charge is 0.379 e. The summed E-state index contributed by atoms with van der Waals surface area (Å²) < 4.78 is 5.37. The third-order valence-electron chi connectivity index (χ3n) is 3.11. The smallest absolute Gasteiger partial charge is 0.0621 e. The second kappa shape index (κ2) is 5.77. The van der Waals surface area contributed by atoms with Crippen LogP contribution >= 0.6 is 11.3 Å². The van der Waals surface area contributed by atoms with E-state index in [2.05, 4.69) is 29.5 Å². The lowest BCUT2D eigenvalue weighted by Gasteiger charge is -2.22. The van der Waals surface area contributed by atoms with Gasteiger partial charge in [0.2, 0.25) is 0 Å². The van der Waals surface area contributed by atoms with Gasteiger partial charge in [0, 0.05) is 29.9 Å². The van der Waals surface area contributed by atoms with E-state index < -0.39 is 0 Å². The molecule has 90 valence electrons. The Morgan fingerprint density at radius 3 is 3.06 bits per heavy atom. The fourth-order valence-corrected chi connectivity index (χ4v) is 2.75. The zero-order chi connectivity index (χ0) is 11.4. The van der Waals surface area contributed by atoms with E-state index in [9.17, 15) is 0 Å². The van der Waals surface area contributed by atoms with E-state index >= 15 is 0 Å². The Balaban J connectivity index is 1.70. The highest BCUT2D eigenvalue weighted by molar-refractivity contribution is 7.09. The van der Waals surface area contributed by atoms with Crippen molar-refractivity contribution in [3.63, 3.8) is 0 Å². The van der Waals surface area contributed by atoms with Crippen molar-refractivity contribution in [2.75, 3.05) is 33.4 Å². The predicted octanol–water partition coefficient (Wildman–Crippen LogP) is 1.20. The minimum Gasteiger partial charge on any atom is -0.379 e. The van der Waals surface area contributed by atoms with Crippen LogP contribution in [0, 0.1) is 5.92 Å². The van der Waals surface area contributed by atoms with Gasteiger partial charge in [0.15, 0.2) is 0 Å². The Morgan fingerprint density at radius 2 is 2.44 bits per heavy atom. The maximum absolute atomic E-state index is 5.97. The second-order valence-electron chi connectivity index (χ2n) is 4.55. The van der Waals surface area contributed by atoms with Crippen molar-refractivity contribution in [2.24, 2.45) is 11.7 Å². The number of nitrogens with zero attached hydrogens (tertiary/aromatic N) is 1. The van der Waals surface area contributed by atoms with E-state index in [1.165, 1.54) is 4.88 Å². The normalized spacial score (nSPS) is 25.4. The van der Waals surface area contributed by atoms with Crippen LogP contribution in [0.1, 0.15) is 4.88 Å². The van der Waals surface area contributed by atoms with Crippen LogP contribution in [0.25, 0.3) is 0 Å². The zero-order valence-corrected chi connectivity index (χ0v) is 10.6. The summed E-state index contributed by atoms with van der Waals surface area (Å²) >= 11 is 1.83. The Labute approximate surface area is 101 Å². The van der Waals surface area contributed by atoms with Gasteiger partial charge in [-0.1, -0.05) is 6.07 Å². The second-order valence-corrected chi connectivity index (χ2v) is 5.59. The van der Waals surface area contributed by atoms with Gasteiger partial charge in [-0.25, -0.2) is 0 Å². The van der Waals surface area contributed by atoms with Gasteiger partial charge in [-0.05, 0) is 24.9 Å². The number of ether oxygens (including phenoxy) is 1. The van der Waals surface area contributed by atoms with Gasteiger partial charge in [-0.3, -0.25) is 0 Å². The lowest BCUT2D eigenvalue weighted by molar-refractivity contribution is 0.174. The molecule has 0 bridgehead atoms. The van der Waals surface area contributed by atoms with Crippen molar-refractivity contribution < 1.29 is 4.74 Å². The van der Waals surface area contributed by atoms with Crippen LogP contribution in [0.3, 0.4) is 0 Å². The van der Waals surface area contributed by atoms with Crippen molar-refractivity contribution >= 4 is 11.3 Å². The van der Waals surface area contributed by atoms with E-state index in [1.807, 2.05) is 11.3 Å². The topological polar surface area (TPSA) is 38.5 Å². The monoisotopic (exact) mass is 240 g/mol. The molecule has 1 saturated heterocycles. The molecule has 2 rings (SSSR count). The molecule has 1 aromatic heterocycles. The molecular formula is C12H20N2OS. The van der Waals surface area contributed by atoms with Gasteiger partial charge in [-0.15, -0.1) is 11.3 Å². The zero-order valence-electron chi connectivity index (χ0n) is 9.76. The lowest BCUT2D eigenvalue weighted by atomic mass is 10.0. The summed E-state index contributed by atoms with van der Waals surface area (Å²) in [6.45, 7) is 3.70. The first-order valence-electron chi connectivity index (χ1n) is 5.80. The minimum atomic E-state index is 0.226. The average molecular weight is 240 g/mol.